The van der Waals surface area contributed by atoms with Gasteiger partial charge in [-0.2, -0.15) is 0 Å². The van der Waals surface area contributed by atoms with Gasteiger partial charge >= 0.3 is 0 Å². The number of aliphatic hydroxyl groups is 1. The first-order valence-electron chi connectivity index (χ1n) is 6.42. The number of nitrogens with zero attached hydrogens (tertiary/aromatic N) is 1. The standard InChI is InChI=1S/C14H19ClN2O2/c1-9(10-3-5-11(15)6-4-10)17(2)14(19)13-7-12(18)8-16-13/h3-6,9,12-13,16,18H,7-8H2,1-2H3. The summed E-state index contributed by atoms with van der Waals surface area (Å²) >= 11 is 5.86. The average molecular weight is 283 g/mol. The summed E-state index contributed by atoms with van der Waals surface area (Å²) < 4.78 is 0. The van der Waals surface area contributed by atoms with Crippen LogP contribution in [0.3, 0.4) is 0 Å². The molecular formula is C14H19ClN2O2. The lowest BCUT2D eigenvalue weighted by Gasteiger charge is -2.28. The van der Waals surface area contributed by atoms with Crippen LogP contribution in [-0.4, -0.2) is 41.7 Å². The number of nitrogens with one attached hydrogen (secondary N) is 1. The minimum absolute atomic E-state index is 0.0130. The quantitative estimate of drug-likeness (QED) is 0.885. The molecule has 4 nitrogen and oxygen atoms in total. The number of hydrogen-bond donors (Lipinski definition) is 2. The molecule has 1 fully saturated rings. The molecule has 3 atom stereocenters. The molecule has 1 aromatic carbocycles. The van der Waals surface area contributed by atoms with Crippen LogP contribution in [0.4, 0.5) is 0 Å². The number of carbonyl (C=O) groups excluding carboxylic acids is 1. The Morgan fingerprint density at radius 2 is 2.11 bits per heavy atom. The van der Waals surface area contributed by atoms with Gasteiger partial charge in [0.1, 0.15) is 0 Å². The number of hydrogen-bond acceptors (Lipinski definition) is 3. The van der Waals surface area contributed by atoms with Crippen molar-refractivity contribution < 1.29 is 9.90 Å². The molecule has 5 heteroatoms. The van der Waals surface area contributed by atoms with E-state index in [1.54, 1.807) is 11.9 Å². The molecule has 0 spiro atoms. The van der Waals surface area contributed by atoms with E-state index in [-0.39, 0.29) is 18.0 Å². The van der Waals surface area contributed by atoms with E-state index in [2.05, 4.69) is 5.32 Å². The molecule has 1 heterocycles. The zero-order valence-electron chi connectivity index (χ0n) is 11.1. The van der Waals surface area contributed by atoms with Crippen LogP contribution in [0, 0.1) is 0 Å². The maximum absolute atomic E-state index is 12.3. The Hall–Kier alpha value is -1.10. The monoisotopic (exact) mass is 282 g/mol. The molecule has 3 unspecified atom stereocenters. The highest BCUT2D eigenvalue weighted by Gasteiger charge is 2.31. The Labute approximate surface area is 118 Å². The van der Waals surface area contributed by atoms with E-state index in [0.29, 0.717) is 18.0 Å². The first-order valence-corrected chi connectivity index (χ1v) is 6.80. The third-order valence-electron chi connectivity index (χ3n) is 3.69. The largest absolute Gasteiger partial charge is 0.392 e. The summed E-state index contributed by atoms with van der Waals surface area (Å²) in [6.45, 7) is 2.46. The van der Waals surface area contributed by atoms with Crippen molar-refractivity contribution in [3.63, 3.8) is 0 Å². The zero-order chi connectivity index (χ0) is 14.0. The molecule has 0 aromatic heterocycles. The molecule has 0 aliphatic carbocycles. The third kappa shape index (κ3) is 3.26. The van der Waals surface area contributed by atoms with Crippen molar-refractivity contribution in [2.24, 2.45) is 0 Å². The van der Waals surface area contributed by atoms with E-state index in [4.69, 9.17) is 11.6 Å². The molecule has 1 aromatic rings. The summed E-state index contributed by atoms with van der Waals surface area (Å²) in [5, 5.41) is 13.2. The highest BCUT2D eigenvalue weighted by atomic mass is 35.5. The van der Waals surface area contributed by atoms with Gasteiger partial charge in [0, 0.05) is 18.6 Å². The van der Waals surface area contributed by atoms with Crippen LogP contribution >= 0.6 is 11.6 Å². The molecule has 0 bridgehead atoms. The van der Waals surface area contributed by atoms with Gasteiger partial charge in [-0.05, 0) is 31.0 Å². The Morgan fingerprint density at radius 1 is 1.47 bits per heavy atom. The highest BCUT2D eigenvalue weighted by molar-refractivity contribution is 6.30. The van der Waals surface area contributed by atoms with Gasteiger partial charge in [0.2, 0.25) is 5.91 Å². The fourth-order valence-corrected chi connectivity index (χ4v) is 2.43. The predicted octanol–water partition coefficient (Wildman–Crippen LogP) is 1.58. The Balaban J connectivity index is 2.04. The first-order chi connectivity index (χ1) is 8.99. The van der Waals surface area contributed by atoms with Crippen molar-refractivity contribution in [3.8, 4) is 0 Å². The summed E-state index contributed by atoms with van der Waals surface area (Å²) in [5.41, 5.74) is 1.04. The van der Waals surface area contributed by atoms with Crippen molar-refractivity contribution in [2.45, 2.75) is 31.5 Å². The van der Waals surface area contributed by atoms with Gasteiger partial charge < -0.3 is 15.3 Å². The zero-order valence-corrected chi connectivity index (χ0v) is 11.9. The van der Waals surface area contributed by atoms with E-state index >= 15 is 0 Å². The van der Waals surface area contributed by atoms with Gasteiger partial charge in [-0.3, -0.25) is 4.79 Å². The van der Waals surface area contributed by atoms with Crippen molar-refractivity contribution in [2.75, 3.05) is 13.6 Å². The van der Waals surface area contributed by atoms with Crippen molar-refractivity contribution in [1.82, 2.24) is 10.2 Å². The maximum atomic E-state index is 12.3. The summed E-state index contributed by atoms with van der Waals surface area (Å²) in [4.78, 5) is 14.0. The minimum Gasteiger partial charge on any atom is -0.392 e. The molecule has 0 saturated carbocycles. The van der Waals surface area contributed by atoms with Crippen LogP contribution in [-0.2, 0) is 4.79 Å². The van der Waals surface area contributed by atoms with Crippen molar-refractivity contribution in [1.29, 1.82) is 0 Å². The van der Waals surface area contributed by atoms with Crippen LogP contribution in [0.25, 0.3) is 0 Å². The fraction of sp³-hybridized carbons (Fsp3) is 0.500. The number of amides is 1. The summed E-state index contributed by atoms with van der Waals surface area (Å²) in [6.07, 6.45) is 0.0597. The lowest BCUT2D eigenvalue weighted by atomic mass is 10.1. The highest BCUT2D eigenvalue weighted by Crippen LogP contribution is 2.22. The summed E-state index contributed by atoms with van der Waals surface area (Å²) in [7, 11) is 1.79. The molecule has 0 radical (unpaired) electrons. The van der Waals surface area contributed by atoms with E-state index < -0.39 is 6.10 Å². The van der Waals surface area contributed by atoms with Gasteiger partial charge in [0.05, 0.1) is 18.2 Å². The van der Waals surface area contributed by atoms with Gasteiger partial charge in [0.15, 0.2) is 0 Å². The van der Waals surface area contributed by atoms with E-state index in [1.165, 1.54) is 0 Å². The predicted molar refractivity (Wildman–Crippen MR) is 75.1 cm³/mol. The van der Waals surface area contributed by atoms with Gasteiger partial charge in [0.25, 0.3) is 0 Å². The van der Waals surface area contributed by atoms with E-state index in [1.807, 2.05) is 31.2 Å². The average Bonchev–Trinajstić information content (AvgIpc) is 2.84. The molecule has 19 heavy (non-hydrogen) atoms. The van der Waals surface area contributed by atoms with Gasteiger partial charge in [-0.25, -0.2) is 0 Å². The topological polar surface area (TPSA) is 52.6 Å². The van der Waals surface area contributed by atoms with Crippen LogP contribution in [0.1, 0.15) is 24.9 Å². The first kappa shape index (κ1) is 14.3. The molecular weight excluding hydrogens is 264 g/mol. The summed E-state index contributed by atoms with van der Waals surface area (Å²) in [5.74, 6) is 0.0130. The fourth-order valence-electron chi connectivity index (χ4n) is 2.31. The smallest absolute Gasteiger partial charge is 0.240 e. The minimum atomic E-state index is -0.423. The summed E-state index contributed by atoms with van der Waals surface area (Å²) in [6, 6.07) is 7.19. The Kier molecular flexibility index (Phi) is 4.45. The number of carbonyl (C=O) groups is 1. The van der Waals surface area contributed by atoms with E-state index in [9.17, 15) is 9.90 Å². The molecule has 1 saturated heterocycles. The number of benzene rings is 1. The van der Waals surface area contributed by atoms with Gasteiger partial charge in [-0.1, -0.05) is 23.7 Å². The lowest BCUT2D eigenvalue weighted by Crippen LogP contribution is -2.42. The second kappa shape index (κ2) is 5.90. The number of rotatable bonds is 3. The molecule has 1 aliphatic heterocycles. The number of β-amino-alcohol motifs (C(OH)–C–C–N with tert-alkyl or cyclic N) is 1. The number of halogens is 1. The number of likely N-dealkylation sites (N-methyl/N-ethyl adjacent to an activating group) is 1. The normalized spacial score (nSPS) is 24.2. The Bertz CT molecular complexity index is 449. The Morgan fingerprint density at radius 3 is 2.63 bits per heavy atom. The molecule has 1 amide bonds. The SMILES string of the molecule is CC(c1ccc(Cl)cc1)N(C)C(=O)C1CC(O)CN1. The lowest BCUT2D eigenvalue weighted by molar-refractivity contribution is -0.133. The second-order valence-electron chi connectivity index (χ2n) is 5.03. The third-order valence-corrected chi connectivity index (χ3v) is 3.94. The molecule has 2 rings (SSSR count). The van der Waals surface area contributed by atoms with Crippen LogP contribution in [0.2, 0.25) is 5.02 Å². The van der Waals surface area contributed by atoms with Crippen LogP contribution in [0.5, 0.6) is 0 Å². The molecule has 1 aliphatic rings. The van der Waals surface area contributed by atoms with Gasteiger partial charge in [-0.15, -0.1) is 0 Å². The number of aliphatic hydroxyl groups excluding tert-OH is 1. The maximum Gasteiger partial charge on any atom is 0.240 e. The second-order valence-corrected chi connectivity index (χ2v) is 5.46. The van der Waals surface area contributed by atoms with Crippen LogP contribution < -0.4 is 5.32 Å². The van der Waals surface area contributed by atoms with E-state index in [0.717, 1.165) is 5.56 Å². The molecule has 104 valence electrons. The molecule has 2 N–H and O–H groups in total. The van der Waals surface area contributed by atoms with Crippen molar-refractivity contribution in [3.05, 3.63) is 34.9 Å². The van der Waals surface area contributed by atoms with Crippen molar-refractivity contribution >= 4 is 17.5 Å². The van der Waals surface area contributed by atoms with Crippen LogP contribution in [0.15, 0.2) is 24.3 Å².